The van der Waals surface area contributed by atoms with E-state index in [2.05, 4.69) is 25.2 Å². The summed E-state index contributed by atoms with van der Waals surface area (Å²) in [6.07, 6.45) is 25.2. The lowest BCUT2D eigenvalue weighted by Crippen LogP contribution is -1.99. The van der Waals surface area contributed by atoms with E-state index in [0.29, 0.717) is 25.0 Å². The predicted octanol–water partition coefficient (Wildman–Crippen LogP) is 4.73. The number of hydrogen-bond donors (Lipinski definition) is 2. The number of ether oxygens (including phenoxy) is 1. The molecule has 4 nitrogen and oxygen atoms in total. The molecule has 0 bridgehead atoms. The number of hydrogen-bond acceptors (Lipinski definition) is 3. The first-order valence-electron chi connectivity index (χ1n) is 9.47. The number of aliphatic hydroxyl groups is 1. The molecule has 4 heteroatoms. The molecule has 1 aliphatic rings. The highest BCUT2D eigenvalue weighted by molar-refractivity contribution is 5.66. The van der Waals surface area contributed by atoms with Crippen molar-refractivity contribution >= 4 is 5.97 Å². The van der Waals surface area contributed by atoms with Gasteiger partial charge < -0.3 is 14.9 Å². The molecule has 1 fully saturated rings. The monoisotopic (exact) mass is 360 g/mol. The van der Waals surface area contributed by atoms with Crippen LogP contribution in [-0.2, 0) is 9.53 Å². The third-order valence-electron chi connectivity index (χ3n) is 3.99. The molecule has 0 amide bonds. The van der Waals surface area contributed by atoms with Gasteiger partial charge in [-0.05, 0) is 38.5 Å². The molecule has 0 aliphatic carbocycles. The van der Waals surface area contributed by atoms with Gasteiger partial charge in [-0.15, -0.1) is 0 Å². The Hall–Kier alpha value is -1.91. The Bertz CT molecular complexity index is 528. The topological polar surface area (TPSA) is 70.1 Å². The Kier molecular flexibility index (Phi) is 12.2. The molecule has 1 saturated heterocycles. The van der Waals surface area contributed by atoms with Crippen molar-refractivity contribution in [2.75, 3.05) is 0 Å². The fraction of sp³-hybridized carbons (Fsp3) is 0.500. The van der Waals surface area contributed by atoms with Crippen molar-refractivity contribution in [1.29, 1.82) is 0 Å². The number of aliphatic hydroxyl groups excluding tert-OH is 1. The van der Waals surface area contributed by atoms with Gasteiger partial charge in [-0.1, -0.05) is 67.7 Å². The Morgan fingerprint density at radius 1 is 1.00 bits per heavy atom. The standard InChI is InChI=1S/C22H32O4/c1-2-20-21(26-20)17-14-13-16-19(23)15-11-9-7-5-3-4-6-8-10-12-18-22(24)25/h3-4,7-11,13-15,19-21,23H,2,5-6,12,16-18H2,1H3,(H,24,25)/b4-3-,9-7-,10-8-,14-13-,15-11-. The van der Waals surface area contributed by atoms with Gasteiger partial charge in [0.1, 0.15) is 0 Å². The van der Waals surface area contributed by atoms with Crippen LogP contribution in [0.1, 0.15) is 51.9 Å². The minimum atomic E-state index is -0.762. The molecule has 1 heterocycles. The average molecular weight is 360 g/mol. The lowest BCUT2D eigenvalue weighted by Gasteiger charge is -1.98. The summed E-state index contributed by atoms with van der Waals surface area (Å²) in [5.41, 5.74) is 0. The normalized spacial score (nSPS) is 21.8. The number of allylic oxidation sites excluding steroid dienone is 7. The smallest absolute Gasteiger partial charge is 0.303 e. The second kappa shape index (κ2) is 14.3. The molecular weight excluding hydrogens is 328 g/mol. The van der Waals surface area contributed by atoms with Gasteiger partial charge in [-0.25, -0.2) is 0 Å². The number of aliphatic carboxylic acids is 1. The maximum absolute atomic E-state index is 10.3. The van der Waals surface area contributed by atoms with Gasteiger partial charge in [-0.2, -0.15) is 0 Å². The van der Waals surface area contributed by atoms with Crippen LogP contribution in [0.5, 0.6) is 0 Å². The number of carbonyl (C=O) groups is 1. The zero-order chi connectivity index (χ0) is 19.0. The van der Waals surface area contributed by atoms with E-state index in [4.69, 9.17) is 9.84 Å². The fourth-order valence-corrected chi connectivity index (χ4v) is 2.41. The number of epoxide rings is 1. The maximum Gasteiger partial charge on any atom is 0.303 e. The molecule has 1 rings (SSSR count). The Labute approximate surface area is 157 Å². The summed E-state index contributed by atoms with van der Waals surface area (Å²) < 4.78 is 5.46. The Morgan fingerprint density at radius 3 is 2.42 bits per heavy atom. The average Bonchev–Trinajstić information content (AvgIpc) is 3.38. The summed E-state index contributed by atoms with van der Waals surface area (Å²) in [6, 6.07) is 0. The number of rotatable bonds is 14. The van der Waals surface area contributed by atoms with Gasteiger partial charge >= 0.3 is 5.97 Å². The van der Waals surface area contributed by atoms with Gasteiger partial charge in [0.05, 0.1) is 18.3 Å². The second-order valence-electron chi connectivity index (χ2n) is 6.29. The molecule has 0 spiro atoms. The molecular formula is C22H32O4. The van der Waals surface area contributed by atoms with E-state index >= 15 is 0 Å². The minimum absolute atomic E-state index is 0.186. The molecule has 3 unspecified atom stereocenters. The van der Waals surface area contributed by atoms with Crippen molar-refractivity contribution < 1.29 is 19.7 Å². The highest BCUT2D eigenvalue weighted by Crippen LogP contribution is 2.28. The first-order chi connectivity index (χ1) is 12.6. The highest BCUT2D eigenvalue weighted by Gasteiger charge is 2.35. The molecule has 0 radical (unpaired) electrons. The van der Waals surface area contributed by atoms with E-state index in [0.717, 1.165) is 25.7 Å². The van der Waals surface area contributed by atoms with Crippen LogP contribution in [0.4, 0.5) is 0 Å². The molecule has 0 aromatic carbocycles. The Morgan fingerprint density at radius 2 is 1.73 bits per heavy atom. The number of carboxylic acids is 1. The van der Waals surface area contributed by atoms with Gasteiger partial charge in [0.2, 0.25) is 0 Å². The van der Waals surface area contributed by atoms with Gasteiger partial charge in [0, 0.05) is 6.42 Å². The largest absolute Gasteiger partial charge is 0.481 e. The Balaban J connectivity index is 2.01. The van der Waals surface area contributed by atoms with E-state index in [1.165, 1.54) is 0 Å². The molecule has 0 saturated carbocycles. The summed E-state index contributed by atoms with van der Waals surface area (Å²) >= 11 is 0. The van der Waals surface area contributed by atoms with Crippen LogP contribution in [0.2, 0.25) is 0 Å². The van der Waals surface area contributed by atoms with Gasteiger partial charge in [-0.3, -0.25) is 4.79 Å². The molecule has 144 valence electrons. The first kappa shape index (κ1) is 22.1. The lowest BCUT2D eigenvalue weighted by molar-refractivity contribution is -0.136. The minimum Gasteiger partial charge on any atom is -0.481 e. The third-order valence-corrected chi connectivity index (χ3v) is 3.99. The van der Waals surface area contributed by atoms with Crippen LogP contribution in [0.25, 0.3) is 0 Å². The van der Waals surface area contributed by atoms with Crippen molar-refractivity contribution in [3.8, 4) is 0 Å². The predicted molar refractivity (Wildman–Crippen MR) is 106 cm³/mol. The van der Waals surface area contributed by atoms with Crippen molar-refractivity contribution in [3.05, 3.63) is 60.8 Å². The summed E-state index contributed by atoms with van der Waals surface area (Å²) in [6.45, 7) is 2.13. The highest BCUT2D eigenvalue weighted by atomic mass is 16.6. The van der Waals surface area contributed by atoms with Crippen LogP contribution < -0.4 is 0 Å². The maximum atomic E-state index is 10.3. The van der Waals surface area contributed by atoms with Crippen LogP contribution in [0.3, 0.4) is 0 Å². The van der Waals surface area contributed by atoms with Crippen LogP contribution in [-0.4, -0.2) is 34.5 Å². The molecule has 2 N–H and O–H groups in total. The van der Waals surface area contributed by atoms with Crippen LogP contribution >= 0.6 is 0 Å². The molecule has 0 aromatic heterocycles. The summed E-state index contributed by atoms with van der Waals surface area (Å²) in [5.74, 6) is -0.762. The summed E-state index contributed by atoms with van der Waals surface area (Å²) in [4.78, 5) is 10.3. The van der Waals surface area contributed by atoms with Crippen LogP contribution in [0.15, 0.2) is 60.8 Å². The van der Waals surface area contributed by atoms with Crippen LogP contribution in [0, 0.1) is 0 Å². The van der Waals surface area contributed by atoms with Crippen molar-refractivity contribution in [2.45, 2.75) is 70.2 Å². The van der Waals surface area contributed by atoms with Gasteiger partial charge in [0.25, 0.3) is 0 Å². The van der Waals surface area contributed by atoms with E-state index in [1.54, 1.807) is 6.08 Å². The molecule has 1 aliphatic heterocycles. The van der Waals surface area contributed by atoms with E-state index in [9.17, 15) is 9.90 Å². The van der Waals surface area contributed by atoms with Gasteiger partial charge in [0.15, 0.2) is 0 Å². The van der Waals surface area contributed by atoms with E-state index in [1.807, 2.05) is 36.5 Å². The van der Waals surface area contributed by atoms with E-state index < -0.39 is 12.1 Å². The SMILES string of the molecule is CCC1OC1C/C=C\CC(O)/C=C\C=C/C/C=C\C/C=C\CCC(=O)O. The lowest BCUT2D eigenvalue weighted by atomic mass is 10.1. The first-order valence-corrected chi connectivity index (χ1v) is 9.47. The summed E-state index contributed by atoms with van der Waals surface area (Å²) in [7, 11) is 0. The van der Waals surface area contributed by atoms with Crippen molar-refractivity contribution in [1.82, 2.24) is 0 Å². The molecule has 3 atom stereocenters. The third kappa shape index (κ3) is 12.5. The van der Waals surface area contributed by atoms with E-state index in [-0.39, 0.29) is 6.42 Å². The zero-order valence-corrected chi connectivity index (χ0v) is 15.7. The fourth-order valence-electron chi connectivity index (χ4n) is 2.41. The molecule has 26 heavy (non-hydrogen) atoms. The quantitative estimate of drug-likeness (QED) is 0.267. The zero-order valence-electron chi connectivity index (χ0n) is 15.7. The van der Waals surface area contributed by atoms with Crippen molar-refractivity contribution in [3.63, 3.8) is 0 Å². The molecule has 0 aromatic rings. The summed E-state index contributed by atoms with van der Waals surface area (Å²) in [5, 5.41) is 18.3. The van der Waals surface area contributed by atoms with Crippen molar-refractivity contribution in [2.24, 2.45) is 0 Å². The number of carboxylic acid groups (broad SMARTS) is 1. The second-order valence-corrected chi connectivity index (χ2v) is 6.29.